The number of benzene rings is 1. The van der Waals surface area contributed by atoms with E-state index in [9.17, 15) is 9.90 Å². The van der Waals surface area contributed by atoms with Crippen LogP contribution in [0.2, 0.25) is 0 Å². The smallest absolute Gasteiger partial charge is 0.339 e. The van der Waals surface area contributed by atoms with Crippen LogP contribution in [0.15, 0.2) is 0 Å². The zero-order valence-electron chi connectivity index (χ0n) is 9.21. The second-order valence-electron chi connectivity index (χ2n) is 4.23. The van der Waals surface area contributed by atoms with Gasteiger partial charge in [0.25, 0.3) is 0 Å². The average Bonchev–Trinajstić information content (AvgIpc) is 2.26. The monoisotopic (exact) mass is 221 g/mol. The first-order chi connectivity index (χ1) is 7.54. The Morgan fingerprint density at radius 1 is 1.25 bits per heavy atom. The first-order valence-corrected chi connectivity index (χ1v) is 5.40. The first kappa shape index (κ1) is 10.8. The van der Waals surface area contributed by atoms with Crippen LogP contribution in [0.1, 0.15) is 39.9 Å². The molecule has 0 atom stereocenters. The molecule has 4 heteroatoms. The molecule has 1 aromatic carbocycles. The summed E-state index contributed by atoms with van der Waals surface area (Å²) in [5, 5.41) is 18.9. The molecule has 0 aromatic heterocycles. The molecule has 0 fully saturated rings. The number of aromatic carboxylic acids is 1. The third-order valence-electron chi connectivity index (χ3n) is 3.33. The second-order valence-corrected chi connectivity index (χ2v) is 4.23. The van der Waals surface area contributed by atoms with Crippen molar-refractivity contribution >= 4 is 11.7 Å². The van der Waals surface area contributed by atoms with Gasteiger partial charge in [-0.2, -0.15) is 0 Å². The predicted molar refractivity (Wildman–Crippen MR) is 60.9 cm³/mol. The Labute approximate surface area is 93.7 Å². The number of carbonyl (C=O) groups is 1. The summed E-state index contributed by atoms with van der Waals surface area (Å²) in [6, 6.07) is 0. The van der Waals surface area contributed by atoms with Crippen molar-refractivity contribution in [2.45, 2.75) is 32.6 Å². The average molecular weight is 221 g/mol. The molecule has 0 radical (unpaired) electrons. The fraction of sp³-hybridized carbons (Fsp3) is 0.417. The molecule has 0 unspecified atom stereocenters. The van der Waals surface area contributed by atoms with Crippen LogP contribution in [0.25, 0.3) is 0 Å². The SMILES string of the molecule is Cc1c2c(c(N)c(O)c1C(=O)O)CCCC2. The molecule has 0 spiro atoms. The molecule has 0 saturated carbocycles. The molecular weight excluding hydrogens is 206 g/mol. The quantitative estimate of drug-likeness (QED) is 0.499. The van der Waals surface area contributed by atoms with Gasteiger partial charge in [-0.15, -0.1) is 0 Å². The van der Waals surface area contributed by atoms with Crippen molar-refractivity contribution in [2.24, 2.45) is 0 Å². The molecule has 1 aromatic rings. The Morgan fingerprint density at radius 2 is 1.81 bits per heavy atom. The maximum Gasteiger partial charge on any atom is 0.339 e. The van der Waals surface area contributed by atoms with E-state index in [-0.39, 0.29) is 17.0 Å². The number of phenols is 1. The number of hydrogen-bond donors (Lipinski definition) is 3. The minimum absolute atomic E-state index is 0.0434. The predicted octanol–water partition coefficient (Wildman–Crippen LogP) is 1.86. The minimum Gasteiger partial charge on any atom is -0.505 e. The van der Waals surface area contributed by atoms with Crippen LogP contribution in [0.4, 0.5) is 5.69 Å². The summed E-state index contributed by atoms with van der Waals surface area (Å²) in [5.41, 5.74) is 8.61. The summed E-state index contributed by atoms with van der Waals surface area (Å²) in [6.45, 7) is 1.74. The number of carboxylic acids is 1. The van der Waals surface area contributed by atoms with E-state index in [4.69, 9.17) is 10.8 Å². The van der Waals surface area contributed by atoms with Gasteiger partial charge in [0, 0.05) is 0 Å². The lowest BCUT2D eigenvalue weighted by Gasteiger charge is -2.22. The largest absolute Gasteiger partial charge is 0.505 e. The van der Waals surface area contributed by atoms with Gasteiger partial charge in [0.1, 0.15) is 5.56 Å². The van der Waals surface area contributed by atoms with Gasteiger partial charge < -0.3 is 15.9 Å². The summed E-state index contributed by atoms with van der Waals surface area (Å²) in [7, 11) is 0. The van der Waals surface area contributed by atoms with Crippen LogP contribution in [-0.4, -0.2) is 16.2 Å². The van der Waals surface area contributed by atoms with E-state index in [1.807, 2.05) is 0 Å². The molecule has 0 amide bonds. The molecule has 1 aliphatic carbocycles. The molecule has 0 heterocycles. The molecule has 1 aliphatic rings. The van der Waals surface area contributed by atoms with Gasteiger partial charge in [0.15, 0.2) is 5.75 Å². The van der Waals surface area contributed by atoms with Crippen molar-refractivity contribution in [1.29, 1.82) is 0 Å². The number of fused-ring (bicyclic) bond motifs is 1. The van der Waals surface area contributed by atoms with E-state index in [0.29, 0.717) is 5.56 Å². The number of rotatable bonds is 1. The number of aromatic hydroxyl groups is 1. The standard InChI is InChI=1S/C12H15NO3/c1-6-7-4-2-3-5-8(7)10(13)11(14)9(6)12(15)16/h14H,2-5,13H2,1H3,(H,15,16). The zero-order chi connectivity index (χ0) is 11.9. The van der Waals surface area contributed by atoms with Gasteiger partial charge in [-0.05, 0) is 49.3 Å². The Kier molecular flexibility index (Phi) is 2.50. The summed E-state index contributed by atoms with van der Waals surface area (Å²) >= 11 is 0. The van der Waals surface area contributed by atoms with E-state index in [2.05, 4.69) is 0 Å². The molecule has 2 rings (SSSR count). The molecular formula is C12H15NO3. The highest BCUT2D eigenvalue weighted by molar-refractivity contribution is 5.96. The van der Waals surface area contributed by atoms with Gasteiger partial charge in [-0.3, -0.25) is 0 Å². The minimum atomic E-state index is -1.12. The van der Waals surface area contributed by atoms with E-state index in [1.165, 1.54) is 0 Å². The fourth-order valence-corrected chi connectivity index (χ4v) is 2.48. The van der Waals surface area contributed by atoms with Crippen LogP contribution >= 0.6 is 0 Å². The van der Waals surface area contributed by atoms with Gasteiger partial charge in [0.2, 0.25) is 0 Å². The van der Waals surface area contributed by atoms with Gasteiger partial charge in [-0.25, -0.2) is 4.79 Å². The first-order valence-electron chi connectivity index (χ1n) is 5.40. The number of hydrogen-bond acceptors (Lipinski definition) is 3. The summed E-state index contributed by atoms with van der Waals surface area (Å²) in [4.78, 5) is 11.1. The normalized spacial score (nSPS) is 14.6. The van der Waals surface area contributed by atoms with Crippen molar-refractivity contribution in [3.8, 4) is 5.75 Å². The Balaban J connectivity index is 2.75. The van der Waals surface area contributed by atoms with Crippen LogP contribution in [-0.2, 0) is 12.8 Å². The highest BCUT2D eigenvalue weighted by Gasteiger charge is 2.24. The molecule has 86 valence electrons. The van der Waals surface area contributed by atoms with Crippen LogP contribution in [0.3, 0.4) is 0 Å². The lowest BCUT2D eigenvalue weighted by molar-refractivity contribution is 0.0693. The Hall–Kier alpha value is -1.71. The Bertz CT molecular complexity index is 466. The lowest BCUT2D eigenvalue weighted by atomic mass is 9.84. The summed E-state index contributed by atoms with van der Waals surface area (Å²) < 4.78 is 0. The molecule has 0 aliphatic heterocycles. The molecule has 4 N–H and O–H groups in total. The fourth-order valence-electron chi connectivity index (χ4n) is 2.48. The highest BCUT2D eigenvalue weighted by Crippen LogP contribution is 2.38. The zero-order valence-corrected chi connectivity index (χ0v) is 9.21. The molecule has 0 saturated heterocycles. The Morgan fingerprint density at radius 3 is 2.38 bits per heavy atom. The number of carboxylic acid groups (broad SMARTS) is 1. The van der Waals surface area contributed by atoms with Crippen molar-refractivity contribution in [3.63, 3.8) is 0 Å². The molecule has 0 bridgehead atoms. The number of nitrogen functional groups attached to an aromatic ring is 1. The van der Waals surface area contributed by atoms with E-state index < -0.39 is 5.97 Å². The van der Waals surface area contributed by atoms with Crippen LogP contribution < -0.4 is 5.73 Å². The van der Waals surface area contributed by atoms with Gasteiger partial charge >= 0.3 is 5.97 Å². The van der Waals surface area contributed by atoms with Gasteiger partial charge in [-0.1, -0.05) is 0 Å². The lowest BCUT2D eigenvalue weighted by Crippen LogP contribution is -2.13. The molecule has 4 nitrogen and oxygen atoms in total. The number of nitrogens with two attached hydrogens (primary N) is 1. The van der Waals surface area contributed by atoms with Crippen LogP contribution in [0.5, 0.6) is 5.75 Å². The highest BCUT2D eigenvalue weighted by atomic mass is 16.4. The van der Waals surface area contributed by atoms with Crippen molar-refractivity contribution in [3.05, 3.63) is 22.3 Å². The van der Waals surface area contributed by atoms with Crippen LogP contribution in [0, 0.1) is 6.92 Å². The van der Waals surface area contributed by atoms with Crippen molar-refractivity contribution in [1.82, 2.24) is 0 Å². The van der Waals surface area contributed by atoms with Crippen molar-refractivity contribution < 1.29 is 15.0 Å². The maximum atomic E-state index is 11.1. The van der Waals surface area contributed by atoms with Crippen molar-refractivity contribution in [2.75, 3.05) is 5.73 Å². The third-order valence-corrected chi connectivity index (χ3v) is 3.33. The topological polar surface area (TPSA) is 83.5 Å². The maximum absolute atomic E-state index is 11.1. The summed E-state index contributed by atoms with van der Waals surface area (Å²) in [6.07, 6.45) is 3.78. The van der Waals surface area contributed by atoms with Gasteiger partial charge in [0.05, 0.1) is 5.69 Å². The summed E-state index contributed by atoms with van der Waals surface area (Å²) in [5.74, 6) is -1.39. The third kappa shape index (κ3) is 1.41. The van der Waals surface area contributed by atoms with E-state index in [0.717, 1.165) is 36.8 Å². The van der Waals surface area contributed by atoms with E-state index >= 15 is 0 Å². The number of anilines is 1. The van der Waals surface area contributed by atoms with E-state index in [1.54, 1.807) is 6.92 Å². The second kappa shape index (κ2) is 3.70. The molecule has 16 heavy (non-hydrogen) atoms.